The van der Waals surface area contributed by atoms with E-state index in [0.29, 0.717) is 19.7 Å². The smallest absolute Gasteiger partial charge is 0.315 e. The number of carboxylic acids is 1. The van der Waals surface area contributed by atoms with Gasteiger partial charge in [-0.1, -0.05) is 0 Å². The lowest BCUT2D eigenvalue weighted by molar-refractivity contribution is -0.153. The molecular formula is C9H15NO4. The van der Waals surface area contributed by atoms with Crippen LogP contribution in [-0.2, 0) is 14.3 Å². The van der Waals surface area contributed by atoms with Gasteiger partial charge in [-0.3, -0.25) is 9.59 Å². The third-order valence-electron chi connectivity index (χ3n) is 2.29. The number of morpholine rings is 1. The molecule has 2 unspecified atom stereocenters. The number of carboxylic acid groups (broad SMARTS) is 1. The zero-order chi connectivity index (χ0) is 10.7. The van der Waals surface area contributed by atoms with E-state index < -0.39 is 11.9 Å². The van der Waals surface area contributed by atoms with E-state index in [1.165, 1.54) is 6.92 Å². The second-order valence-electron chi connectivity index (χ2n) is 3.53. The van der Waals surface area contributed by atoms with Crippen LogP contribution >= 0.6 is 0 Å². The van der Waals surface area contributed by atoms with Crippen molar-refractivity contribution < 1.29 is 19.4 Å². The van der Waals surface area contributed by atoms with Crippen molar-refractivity contribution in [1.29, 1.82) is 0 Å². The molecule has 1 aliphatic heterocycles. The summed E-state index contributed by atoms with van der Waals surface area (Å²) < 4.78 is 5.26. The van der Waals surface area contributed by atoms with Crippen LogP contribution in [0, 0.1) is 5.92 Å². The summed E-state index contributed by atoms with van der Waals surface area (Å²) in [5.74, 6) is -2.36. The molecular weight excluding hydrogens is 186 g/mol. The summed E-state index contributed by atoms with van der Waals surface area (Å²) in [5.41, 5.74) is 0. The molecule has 5 nitrogen and oxygen atoms in total. The highest BCUT2D eigenvalue weighted by atomic mass is 16.5. The van der Waals surface area contributed by atoms with E-state index in [0.717, 1.165) is 0 Å². The van der Waals surface area contributed by atoms with Gasteiger partial charge in [-0.2, -0.15) is 0 Å². The second kappa shape index (κ2) is 4.41. The molecule has 2 atom stereocenters. The molecule has 80 valence electrons. The van der Waals surface area contributed by atoms with Gasteiger partial charge in [0.2, 0.25) is 5.91 Å². The fourth-order valence-corrected chi connectivity index (χ4v) is 1.40. The van der Waals surface area contributed by atoms with Crippen LogP contribution in [-0.4, -0.2) is 47.7 Å². The van der Waals surface area contributed by atoms with Crippen LogP contribution in [0.4, 0.5) is 0 Å². The molecule has 1 heterocycles. The number of hydrogen-bond donors (Lipinski definition) is 1. The van der Waals surface area contributed by atoms with Crippen LogP contribution in [0.5, 0.6) is 0 Å². The zero-order valence-corrected chi connectivity index (χ0v) is 8.40. The van der Waals surface area contributed by atoms with E-state index >= 15 is 0 Å². The van der Waals surface area contributed by atoms with E-state index in [2.05, 4.69) is 0 Å². The lowest BCUT2D eigenvalue weighted by atomic mass is 10.1. The van der Waals surface area contributed by atoms with Crippen molar-refractivity contribution in [2.24, 2.45) is 5.92 Å². The Kier molecular flexibility index (Phi) is 3.46. The number of carbonyl (C=O) groups is 2. The molecule has 5 heteroatoms. The highest BCUT2D eigenvalue weighted by molar-refractivity contribution is 5.96. The fourth-order valence-electron chi connectivity index (χ4n) is 1.40. The van der Waals surface area contributed by atoms with Crippen LogP contribution in [0.25, 0.3) is 0 Å². The third kappa shape index (κ3) is 2.45. The van der Waals surface area contributed by atoms with E-state index in [-0.39, 0.29) is 12.0 Å². The van der Waals surface area contributed by atoms with Crippen LogP contribution in [0.15, 0.2) is 0 Å². The number of hydrogen-bond acceptors (Lipinski definition) is 3. The predicted molar refractivity (Wildman–Crippen MR) is 48.8 cm³/mol. The van der Waals surface area contributed by atoms with Gasteiger partial charge in [-0.15, -0.1) is 0 Å². The highest BCUT2D eigenvalue weighted by Gasteiger charge is 2.28. The molecule has 1 rings (SSSR count). The topological polar surface area (TPSA) is 66.8 Å². The van der Waals surface area contributed by atoms with Crippen molar-refractivity contribution in [3.63, 3.8) is 0 Å². The summed E-state index contributed by atoms with van der Waals surface area (Å²) >= 11 is 0. The van der Waals surface area contributed by atoms with Gasteiger partial charge in [-0.25, -0.2) is 0 Å². The summed E-state index contributed by atoms with van der Waals surface area (Å²) in [5, 5.41) is 8.67. The maximum absolute atomic E-state index is 11.6. The molecule has 0 radical (unpaired) electrons. The van der Waals surface area contributed by atoms with Crippen molar-refractivity contribution in [3.8, 4) is 0 Å². The number of amides is 1. The predicted octanol–water partition coefficient (Wildman–Crippen LogP) is -0.0456. The minimum absolute atomic E-state index is 0.00584. The van der Waals surface area contributed by atoms with E-state index in [4.69, 9.17) is 9.84 Å². The van der Waals surface area contributed by atoms with Crippen molar-refractivity contribution in [3.05, 3.63) is 0 Å². The van der Waals surface area contributed by atoms with Crippen molar-refractivity contribution in [2.75, 3.05) is 19.7 Å². The summed E-state index contributed by atoms with van der Waals surface area (Å²) in [7, 11) is 0. The maximum atomic E-state index is 11.6. The number of carbonyl (C=O) groups excluding carboxylic acids is 1. The van der Waals surface area contributed by atoms with Gasteiger partial charge in [-0.05, 0) is 13.8 Å². The SMILES string of the molecule is CC1CN(C(=O)C(C)C(=O)O)CCO1. The molecule has 0 aromatic carbocycles. The Balaban J connectivity index is 2.55. The fraction of sp³-hybridized carbons (Fsp3) is 0.778. The molecule has 1 saturated heterocycles. The molecule has 1 N–H and O–H groups in total. The van der Waals surface area contributed by atoms with Gasteiger partial charge >= 0.3 is 5.97 Å². The zero-order valence-electron chi connectivity index (χ0n) is 8.40. The van der Waals surface area contributed by atoms with Crippen LogP contribution < -0.4 is 0 Å². The minimum atomic E-state index is -1.07. The Morgan fingerprint density at radius 3 is 2.71 bits per heavy atom. The first-order valence-electron chi connectivity index (χ1n) is 4.65. The molecule has 0 aromatic heterocycles. The third-order valence-corrected chi connectivity index (χ3v) is 2.29. The Bertz CT molecular complexity index is 241. The summed E-state index contributed by atoms with van der Waals surface area (Å²) in [6.45, 7) is 4.73. The quantitative estimate of drug-likeness (QED) is 0.636. The van der Waals surface area contributed by atoms with Crippen LogP contribution in [0.1, 0.15) is 13.8 Å². The summed E-state index contributed by atoms with van der Waals surface area (Å²) in [6, 6.07) is 0. The Morgan fingerprint density at radius 1 is 1.57 bits per heavy atom. The first kappa shape index (κ1) is 11.0. The van der Waals surface area contributed by atoms with Crippen molar-refractivity contribution >= 4 is 11.9 Å². The highest BCUT2D eigenvalue weighted by Crippen LogP contribution is 2.09. The first-order chi connectivity index (χ1) is 6.52. The standard InChI is InChI=1S/C9H15NO4/c1-6-5-10(3-4-14-6)8(11)7(2)9(12)13/h6-7H,3-5H2,1-2H3,(H,12,13). The lowest BCUT2D eigenvalue weighted by Gasteiger charge is -2.32. The van der Waals surface area contributed by atoms with Gasteiger partial charge in [0.25, 0.3) is 0 Å². The molecule has 0 saturated carbocycles. The van der Waals surface area contributed by atoms with Gasteiger partial charge < -0.3 is 14.7 Å². The maximum Gasteiger partial charge on any atom is 0.315 e. The van der Waals surface area contributed by atoms with Crippen molar-refractivity contribution in [2.45, 2.75) is 20.0 Å². The summed E-state index contributed by atoms with van der Waals surface area (Å²) in [6.07, 6.45) is -0.00584. The van der Waals surface area contributed by atoms with E-state index in [1.807, 2.05) is 6.92 Å². The summed E-state index contributed by atoms with van der Waals surface area (Å²) in [4.78, 5) is 23.7. The van der Waals surface area contributed by atoms with Gasteiger partial charge in [0.05, 0.1) is 12.7 Å². The molecule has 1 amide bonds. The average Bonchev–Trinajstić information content (AvgIpc) is 2.15. The lowest BCUT2D eigenvalue weighted by Crippen LogP contribution is -2.47. The molecule has 1 fully saturated rings. The molecule has 0 aliphatic carbocycles. The number of rotatable bonds is 2. The molecule has 14 heavy (non-hydrogen) atoms. The second-order valence-corrected chi connectivity index (χ2v) is 3.53. The van der Waals surface area contributed by atoms with Crippen LogP contribution in [0.2, 0.25) is 0 Å². The minimum Gasteiger partial charge on any atom is -0.481 e. The van der Waals surface area contributed by atoms with E-state index in [1.54, 1.807) is 4.90 Å². The van der Waals surface area contributed by atoms with Gasteiger partial charge in [0.1, 0.15) is 5.92 Å². The number of nitrogens with zero attached hydrogens (tertiary/aromatic N) is 1. The normalized spacial score (nSPS) is 24.4. The van der Waals surface area contributed by atoms with Gasteiger partial charge in [0.15, 0.2) is 0 Å². The number of aliphatic carboxylic acids is 1. The Labute approximate surface area is 82.6 Å². The number of ether oxygens (including phenoxy) is 1. The van der Waals surface area contributed by atoms with Gasteiger partial charge in [0, 0.05) is 13.1 Å². The molecule has 0 aromatic rings. The molecule has 1 aliphatic rings. The van der Waals surface area contributed by atoms with Crippen molar-refractivity contribution in [1.82, 2.24) is 4.90 Å². The molecule has 0 spiro atoms. The van der Waals surface area contributed by atoms with E-state index in [9.17, 15) is 9.59 Å². The average molecular weight is 201 g/mol. The first-order valence-corrected chi connectivity index (χ1v) is 4.65. The Hall–Kier alpha value is -1.10. The monoisotopic (exact) mass is 201 g/mol. The molecule has 0 bridgehead atoms. The largest absolute Gasteiger partial charge is 0.481 e. The Morgan fingerprint density at radius 2 is 2.21 bits per heavy atom. The van der Waals surface area contributed by atoms with Crippen LogP contribution in [0.3, 0.4) is 0 Å².